The molecule has 1 aromatic rings. The lowest BCUT2D eigenvalue weighted by Gasteiger charge is -2.22. The average Bonchev–Trinajstić information content (AvgIpc) is 2.19. The Kier molecular flexibility index (Phi) is 4.45. The number of nitrogens with two attached hydrogens (primary N) is 1. The summed E-state index contributed by atoms with van der Waals surface area (Å²) >= 11 is 0. The van der Waals surface area contributed by atoms with E-state index in [0.717, 1.165) is 0 Å². The third kappa shape index (κ3) is 4.44. The Balaban J connectivity index is 2.61. The minimum Gasteiger partial charge on any atom is -0.391 e. The number of halogens is 2. The van der Waals surface area contributed by atoms with Crippen molar-refractivity contribution in [2.45, 2.75) is 33.3 Å². The summed E-state index contributed by atoms with van der Waals surface area (Å²) in [5, 5.41) is 12.4. The SMILES string of the molecule is CC(C)(C)CC(O)CNc1nc(N)c(F)cc1F. The molecular formula is C12H19F2N3O. The van der Waals surface area contributed by atoms with E-state index in [1.54, 1.807) is 0 Å². The number of nitrogens with zero attached hydrogens (tertiary/aromatic N) is 1. The minimum atomic E-state index is -0.895. The molecule has 0 aliphatic rings. The van der Waals surface area contributed by atoms with Crippen molar-refractivity contribution in [1.29, 1.82) is 0 Å². The van der Waals surface area contributed by atoms with Gasteiger partial charge in [0.1, 0.15) is 0 Å². The zero-order valence-corrected chi connectivity index (χ0v) is 10.8. The molecule has 1 aromatic heterocycles. The first-order valence-corrected chi connectivity index (χ1v) is 5.72. The van der Waals surface area contributed by atoms with Crippen molar-refractivity contribution in [3.63, 3.8) is 0 Å². The molecule has 0 aliphatic carbocycles. The molecule has 1 unspecified atom stereocenters. The number of nitrogen functional groups attached to an aromatic ring is 1. The lowest BCUT2D eigenvalue weighted by molar-refractivity contribution is 0.132. The number of rotatable bonds is 4. The molecule has 0 spiro atoms. The Morgan fingerprint density at radius 3 is 2.56 bits per heavy atom. The van der Waals surface area contributed by atoms with Crippen molar-refractivity contribution in [3.05, 3.63) is 17.7 Å². The summed E-state index contributed by atoms with van der Waals surface area (Å²) in [6.07, 6.45) is -0.0874. The second-order valence-corrected chi connectivity index (χ2v) is 5.49. The van der Waals surface area contributed by atoms with E-state index in [1.807, 2.05) is 20.8 Å². The lowest BCUT2D eigenvalue weighted by atomic mass is 9.89. The first-order valence-electron chi connectivity index (χ1n) is 5.72. The Labute approximate surface area is 105 Å². The van der Waals surface area contributed by atoms with Crippen LogP contribution in [0.2, 0.25) is 0 Å². The molecule has 18 heavy (non-hydrogen) atoms. The highest BCUT2D eigenvalue weighted by Gasteiger charge is 2.17. The highest BCUT2D eigenvalue weighted by molar-refractivity contribution is 5.44. The number of aliphatic hydroxyl groups is 1. The summed E-state index contributed by atoms with van der Waals surface area (Å²) in [6, 6.07) is 0.667. The molecule has 0 saturated heterocycles. The molecule has 0 aromatic carbocycles. The van der Waals surface area contributed by atoms with E-state index in [9.17, 15) is 13.9 Å². The van der Waals surface area contributed by atoms with E-state index in [1.165, 1.54) is 0 Å². The summed E-state index contributed by atoms with van der Waals surface area (Å²) in [7, 11) is 0. The highest BCUT2D eigenvalue weighted by atomic mass is 19.1. The van der Waals surface area contributed by atoms with Crippen molar-refractivity contribution >= 4 is 11.6 Å². The Morgan fingerprint density at radius 2 is 2.00 bits per heavy atom. The summed E-state index contributed by atoms with van der Waals surface area (Å²) in [5.74, 6) is -2.25. The van der Waals surface area contributed by atoms with Gasteiger partial charge in [-0.1, -0.05) is 20.8 Å². The molecule has 0 amide bonds. The summed E-state index contributed by atoms with van der Waals surface area (Å²) in [6.45, 7) is 6.10. The van der Waals surface area contributed by atoms with Crippen molar-refractivity contribution in [1.82, 2.24) is 4.98 Å². The van der Waals surface area contributed by atoms with Crippen molar-refractivity contribution in [3.8, 4) is 0 Å². The molecule has 0 fully saturated rings. The van der Waals surface area contributed by atoms with Crippen LogP contribution in [-0.2, 0) is 0 Å². The van der Waals surface area contributed by atoms with E-state index < -0.39 is 17.7 Å². The monoisotopic (exact) mass is 259 g/mol. The summed E-state index contributed by atoms with van der Waals surface area (Å²) in [4.78, 5) is 3.55. The Morgan fingerprint density at radius 1 is 1.39 bits per heavy atom. The van der Waals surface area contributed by atoms with Crippen molar-refractivity contribution in [2.24, 2.45) is 5.41 Å². The number of aliphatic hydroxyl groups excluding tert-OH is 1. The fourth-order valence-corrected chi connectivity index (χ4v) is 1.60. The maximum Gasteiger partial charge on any atom is 0.168 e. The van der Waals surface area contributed by atoms with Crippen molar-refractivity contribution in [2.75, 3.05) is 17.6 Å². The van der Waals surface area contributed by atoms with E-state index in [0.29, 0.717) is 12.5 Å². The van der Waals surface area contributed by atoms with Gasteiger partial charge in [-0.25, -0.2) is 13.8 Å². The Hall–Kier alpha value is -1.43. The predicted molar refractivity (Wildman–Crippen MR) is 67.1 cm³/mol. The molecule has 0 bridgehead atoms. The molecule has 102 valence electrons. The van der Waals surface area contributed by atoms with E-state index in [2.05, 4.69) is 10.3 Å². The molecule has 0 aliphatic heterocycles. The first kappa shape index (κ1) is 14.6. The van der Waals surface area contributed by atoms with Gasteiger partial charge in [0, 0.05) is 12.6 Å². The second-order valence-electron chi connectivity index (χ2n) is 5.49. The van der Waals surface area contributed by atoms with Gasteiger partial charge in [-0.3, -0.25) is 0 Å². The third-order valence-corrected chi connectivity index (χ3v) is 2.31. The Bertz CT molecular complexity index is 419. The zero-order valence-electron chi connectivity index (χ0n) is 10.8. The maximum absolute atomic E-state index is 13.3. The molecule has 1 atom stereocenters. The van der Waals surface area contributed by atoms with Gasteiger partial charge >= 0.3 is 0 Å². The molecule has 6 heteroatoms. The van der Waals surface area contributed by atoms with Crippen LogP contribution in [0.1, 0.15) is 27.2 Å². The molecule has 4 nitrogen and oxygen atoms in total. The van der Waals surface area contributed by atoms with E-state index in [4.69, 9.17) is 5.73 Å². The maximum atomic E-state index is 13.3. The largest absolute Gasteiger partial charge is 0.391 e. The van der Waals surface area contributed by atoms with Gasteiger partial charge in [-0.15, -0.1) is 0 Å². The van der Waals surface area contributed by atoms with Crippen LogP contribution in [0.25, 0.3) is 0 Å². The van der Waals surface area contributed by atoms with Crippen LogP contribution in [-0.4, -0.2) is 22.7 Å². The second kappa shape index (κ2) is 5.48. The number of anilines is 2. The van der Waals surface area contributed by atoms with Gasteiger partial charge in [0.25, 0.3) is 0 Å². The van der Waals surface area contributed by atoms with Gasteiger partial charge in [0.15, 0.2) is 23.3 Å². The zero-order chi connectivity index (χ0) is 13.9. The van der Waals surface area contributed by atoms with Gasteiger partial charge in [0.05, 0.1) is 6.10 Å². The van der Waals surface area contributed by atoms with Crippen LogP contribution in [0, 0.1) is 17.0 Å². The smallest absolute Gasteiger partial charge is 0.168 e. The topological polar surface area (TPSA) is 71.2 Å². The van der Waals surface area contributed by atoms with Crippen LogP contribution < -0.4 is 11.1 Å². The van der Waals surface area contributed by atoms with Crippen LogP contribution in [0.5, 0.6) is 0 Å². The van der Waals surface area contributed by atoms with Crippen LogP contribution in [0.3, 0.4) is 0 Å². The predicted octanol–water partition coefficient (Wildman–Crippen LogP) is 2.15. The van der Waals surface area contributed by atoms with Gasteiger partial charge in [-0.05, 0) is 11.8 Å². The molecular weight excluding hydrogens is 240 g/mol. The van der Waals surface area contributed by atoms with Crippen LogP contribution >= 0.6 is 0 Å². The fourth-order valence-electron chi connectivity index (χ4n) is 1.60. The highest BCUT2D eigenvalue weighted by Crippen LogP contribution is 2.21. The van der Waals surface area contributed by atoms with Crippen LogP contribution in [0.4, 0.5) is 20.4 Å². The lowest BCUT2D eigenvalue weighted by Crippen LogP contribution is -2.25. The number of nitrogens with one attached hydrogen (secondary N) is 1. The standard InChI is InChI=1S/C12H19F2N3O/c1-12(2,3)5-7(18)6-16-11-9(14)4-8(13)10(15)17-11/h4,7,18H,5-6H2,1-3H3,(H3,15,16,17). The molecule has 4 N–H and O–H groups in total. The van der Waals surface area contributed by atoms with Gasteiger partial charge < -0.3 is 16.2 Å². The average molecular weight is 259 g/mol. The van der Waals surface area contributed by atoms with E-state index in [-0.39, 0.29) is 23.6 Å². The summed E-state index contributed by atoms with van der Waals surface area (Å²) < 4.78 is 26.2. The molecule has 0 radical (unpaired) electrons. The number of hydrogen-bond donors (Lipinski definition) is 3. The van der Waals surface area contributed by atoms with Gasteiger partial charge in [0.2, 0.25) is 0 Å². The van der Waals surface area contributed by atoms with Crippen molar-refractivity contribution < 1.29 is 13.9 Å². The molecule has 0 saturated carbocycles. The molecule has 1 heterocycles. The third-order valence-electron chi connectivity index (χ3n) is 2.31. The van der Waals surface area contributed by atoms with Crippen LogP contribution in [0.15, 0.2) is 6.07 Å². The normalized spacial score (nSPS) is 13.4. The quantitative estimate of drug-likeness (QED) is 0.774. The number of hydrogen-bond acceptors (Lipinski definition) is 4. The fraction of sp³-hybridized carbons (Fsp3) is 0.583. The number of pyridine rings is 1. The minimum absolute atomic E-state index is 0.0328. The molecule has 1 rings (SSSR count). The van der Waals surface area contributed by atoms with E-state index >= 15 is 0 Å². The van der Waals surface area contributed by atoms with Gasteiger partial charge in [-0.2, -0.15) is 0 Å². The summed E-state index contributed by atoms with van der Waals surface area (Å²) in [5.41, 5.74) is 5.21. The first-order chi connectivity index (χ1) is 8.19. The number of aromatic nitrogens is 1.